The van der Waals surface area contributed by atoms with E-state index in [0.29, 0.717) is 6.61 Å². The molecule has 0 spiro atoms. The Morgan fingerprint density at radius 2 is 1.09 bits per heavy atom. The Morgan fingerprint density at radius 1 is 0.597 bits per heavy atom. The van der Waals surface area contributed by atoms with Gasteiger partial charge < -0.3 is 47.1 Å². The number of hydrogen-bond donors (Lipinski definition) is 0. The fourth-order valence-corrected chi connectivity index (χ4v) is 9.38. The van der Waals surface area contributed by atoms with Gasteiger partial charge in [-0.1, -0.05) is 178 Å². The number of ether oxygens (including phenoxy) is 9. The first kappa shape index (κ1) is 48.7. The van der Waals surface area contributed by atoms with Crippen molar-refractivity contribution in [1.29, 1.82) is 0 Å². The highest BCUT2D eigenvalue weighted by Gasteiger charge is 2.56. The quantitative estimate of drug-likeness (QED) is 0.0340. The van der Waals surface area contributed by atoms with Crippen molar-refractivity contribution in [3.8, 4) is 0 Å². The van der Waals surface area contributed by atoms with Crippen molar-refractivity contribution < 1.29 is 47.1 Å². The summed E-state index contributed by atoms with van der Waals surface area (Å²) in [6.07, 6.45) is -8.24. The molecule has 354 valence electrons. The summed E-state index contributed by atoms with van der Waals surface area (Å²) in [6, 6.07) is 48.6. The summed E-state index contributed by atoms with van der Waals surface area (Å²) in [5.74, 6) is 0. The van der Waals surface area contributed by atoms with Crippen molar-refractivity contribution >= 4 is 8.32 Å². The molecule has 67 heavy (non-hydrogen) atoms. The monoisotopic (exact) mass is 929 g/mol. The molecule has 0 N–H and O–H groups in total. The standard InChI is InChI=1S/C53H63N3O10Si/c1-53(2,3)67(4,5)66-51-44(55-56-54)47(58-32-38-23-13-7-14-24-38)45(42(62-51)35-57-31-37-21-11-6-12-22-37)65-52-49(60-34-40-27-17-9-18-28-40)48(59-33-39-25-15-8-16-26-39)46-43(63-52)36-61-50(64-46)41-29-19-10-20-30-41/h6-30,42-52H,31-36H2,1-5H3/t42-,43-,44-,45-,46-,47-,48+,49+,50-,51+,52+/m1/s1. The van der Waals surface area contributed by atoms with E-state index in [0.717, 1.165) is 27.8 Å². The molecule has 5 aromatic rings. The van der Waals surface area contributed by atoms with E-state index in [2.05, 4.69) is 43.9 Å². The zero-order chi connectivity index (χ0) is 46.6. The van der Waals surface area contributed by atoms with Crippen molar-refractivity contribution in [2.24, 2.45) is 5.11 Å². The molecule has 3 aliphatic heterocycles. The molecule has 3 aliphatic rings. The fraction of sp³-hybridized carbons (Fsp3) is 0.434. The lowest BCUT2D eigenvalue weighted by atomic mass is 9.95. The number of hydrogen-bond acceptors (Lipinski definition) is 11. The largest absolute Gasteiger partial charge is 0.392 e. The van der Waals surface area contributed by atoms with Gasteiger partial charge in [-0.05, 0) is 45.9 Å². The summed E-state index contributed by atoms with van der Waals surface area (Å²) in [5, 5.41) is 4.18. The van der Waals surface area contributed by atoms with Crippen LogP contribution in [0.15, 0.2) is 157 Å². The van der Waals surface area contributed by atoms with Crippen molar-refractivity contribution in [3.63, 3.8) is 0 Å². The second kappa shape index (κ2) is 23.0. The molecule has 3 fully saturated rings. The van der Waals surface area contributed by atoms with Gasteiger partial charge in [0.15, 0.2) is 27.2 Å². The first-order valence-corrected chi connectivity index (χ1v) is 26.1. The van der Waals surface area contributed by atoms with E-state index in [1.807, 2.05) is 152 Å². The summed E-state index contributed by atoms with van der Waals surface area (Å²) >= 11 is 0. The molecular formula is C53H63N3O10Si. The Hall–Kier alpha value is -4.77. The van der Waals surface area contributed by atoms with Crippen LogP contribution in [0.3, 0.4) is 0 Å². The average Bonchev–Trinajstić information content (AvgIpc) is 3.34. The highest BCUT2D eigenvalue weighted by molar-refractivity contribution is 6.74. The van der Waals surface area contributed by atoms with Crippen LogP contribution in [-0.2, 0) is 73.5 Å². The predicted octanol–water partition coefficient (Wildman–Crippen LogP) is 10.6. The van der Waals surface area contributed by atoms with Gasteiger partial charge in [0.05, 0.1) is 39.6 Å². The summed E-state index contributed by atoms with van der Waals surface area (Å²) in [7, 11) is -2.54. The van der Waals surface area contributed by atoms with Crippen molar-refractivity contribution in [2.45, 2.75) is 133 Å². The molecule has 13 nitrogen and oxygen atoms in total. The topological polar surface area (TPSA) is 141 Å². The molecule has 11 atom stereocenters. The van der Waals surface area contributed by atoms with Gasteiger partial charge in [0.2, 0.25) is 0 Å². The third-order valence-electron chi connectivity index (χ3n) is 12.9. The number of benzene rings is 5. The lowest BCUT2D eigenvalue weighted by Gasteiger charge is -2.52. The smallest absolute Gasteiger partial charge is 0.195 e. The van der Waals surface area contributed by atoms with Crippen LogP contribution < -0.4 is 0 Å². The van der Waals surface area contributed by atoms with Gasteiger partial charge in [0.25, 0.3) is 0 Å². The Labute approximate surface area is 395 Å². The minimum Gasteiger partial charge on any atom is -0.392 e. The predicted molar refractivity (Wildman–Crippen MR) is 255 cm³/mol. The van der Waals surface area contributed by atoms with Gasteiger partial charge in [-0.3, -0.25) is 0 Å². The molecule has 3 saturated heterocycles. The number of fused-ring (bicyclic) bond motifs is 1. The minimum atomic E-state index is -2.54. The molecule has 0 aliphatic carbocycles. The van der Waals surface area contributed by atoms with Crippen LogP contribution in [-0.4, -0.2) is 82.9 Å². The van der Waals surface area contributed by atoms with Crippen molar-refractivity contribution in [3.05, 3.63) is 190 Å². The van der Waals surface area contributed by atoms with Crippen LogP contribution in [0.25, 0.3) is 10.4 Å². The molecule has 0 unspecified atom stereocenters. The summed E-state index contributed by atoms with van der Waals surface area (Å²) in [6.45, 7) is 12.0. The van der Waals surface area contributed by atoms with Crippen LogP contribution in [0.5, 0.6) is 0 Å². The molecule has 0 amide bonds. The van der Waals surface area contributed by atoms with Gasteiger partial charge >= 0.3 is 0 Å². The first-order chi connectivity index (χ1) is 32.6. The summed E-state index contributed by atoms with van der Waals surface area (Å²) in [5.41, 5.74) is 14.9. The SMILES string of the molecule is CC(C)(C)[Si](C)(C)O[C@@H]1O[C@H](COCc2ccccc2)[C@@H](O[C@@H]2O[C@@H]3CO[C@@H](c4ccccc4)O[C@H]3[C@H](OCc3ccccc3)[C@@H]2OCc2ccccc2)[C@H](OCc2ccccc2)[C@H]1N=[N+]=[N-]. The maximum Gasteiger partial charge on any atom is 0.195 e. The molecular weight excluding hydrogens is 867 g/mol. The van der Waals surface area contributed by atoms with E-state index in [1.54, 1.807) is 0 Å². The van der Waals surface area contributed by atoms with Gasteiger partial charge in [-0.2, -0.15) is 0 Å². The summed E-state index contributed by atoms with van der Waals surface area (Å²) < 4.78 is 68.7. The van der Waals surface area contributed by atoms with E-state index < -0.39 is 76.0 Å². The zero-order valence-corrected chi connectivity index (χ0v) is 40.0. The van der Waals surface area contributed by atoms with E-state index in [9.17, 15) is 5.53 Å². The molecule has 0 saturated carbocycles. The Bertz CT molecular complexity index is 2290. The molecule has 0 aromatic heterocycles. The van der Waals surface area contributed by atoms with E-state index in [1.165, 1.54) is 0 Å². The van der Waals surface area contributed by atoms with E-state index in [4.69, 9.17) is 47.1 Å². The molecule has 14 heteroatoms. The minimum absolute atomic E-state index is 0.0817. The van der Waals surface area contributed by atoms with Gasteiger partial charge in [-0.15, -0.1) is 0 Å². The molecule has 0 bridgehead atoms. The zero-order valence-electron chi connectivity index (χ0n) is 39.0. The second-order valence-corrected chi connectivity index (χ2v) is 23.5. The van der Waals surface area contributed by atoms with Crippen molar-refractivity contribution in [2.75, 3.05) is 13.2 Å². The molecule has 0 radical (unpaired) electrons. The van der Waals surface area contributed by atoms with Crippen LogP contribution in [0, 0.1) is 0 Å². The number of rotatable bonds is 19. The van der Waals surface area contributed by atoms with Crippen LogP contribution in [0.4, 0.5) is 0 Å². The highest BCUT2D eigenvalue weighted by Crippen LogP contribution is 2.42. The van der Waals surface area contributed by atoms with E-state index in [-0.39, 0.29) is 38.1 Å². The fourth-order valence-electron chi connectivity index (χ4n) is 8.25. The van der Waals surface area contributed by atoms with Crippen LogP contribution in [0.1, 0.15) is 54.9 Å². The Kier molecular flexibility index (Phi) is 16.7. The highest BCUT2D eigenvalue weighted by atomic mass is 28.4. The van der Waals surface area contributed by atoms with E-state index >= 15 is 0 Å². The maximum absolute atomic E-state index is 10.2. The normalized spacial score (nSPS) is 27.7. The Morgan fingerprint density at radius 3 is 1.61 bits per heavy atom. The second-order valence-electron chi connectivity index (χ2n) is 18.7. The number of nitrogens with zero attached hydrogens (tertiary/aromatic N) is 3. The summed E-state index contributed by atoms with van der Waals surface area (Å²) in [4.78, 5) is 3.35. The lowest BCUT2D eigenvalue weighted by Crippen LogP contribution is -2.67. The third-order valence-corrected chi connectivity index (χ3v) is 17.3. The average molecular weight is 930 g/mol. The molecule has 8 rings (SSSR count). The van der Waals surface area contributed by atoms with Gasteiger partial charge in [0.1, 0.15) is 48.8 Å². The molecule has 3 heterocycles. The van der Waals surface area contributed by atoms with Gasteiger partial charge in [0, 0.05) is 10.5 Å². The third kappa shape index (κ3) is 12.7. The lowest BCUT2D eigenvalue weighted by molar-refractivity contribution is -0.390. The van der Waals surface area contributed by atoms with Crippen LogP contribution >= 0.6 is 0 Å². The Balaban J connectivity index is 1.18. The van der Waals surface area contributed by atoms with Crippen molar-refractivity contribution in [1.82, 2.24) is 0 Å². The first-order valence-electron chi connectivity index (χ1n) is 23.1. The van der Waals surface area contributed by atoms with Crippen LogP contribution in [0.2, 0.25) is 18.1 Å². The van der Waals surface area contributed by atoms with Gasteiger partial charge in [-0.25, -0.2) is 0 Å². The molecule has 5 aromatic carbocycles. The number of azide groups is 1. The maximum atomic E-state index is 10.2.